The fourth-order valence-electron chi connectivity index (χ4n) is 3.31. The Bertz CT molecular complexity index is 967. The number of nitrogens with zero attached hydrogens (tertiary/aromatic N) is 1. The molecule has 2 aromatic carbocycles. The maximum absolute atomic E-state index is 13.3. The smallest absolute Gasteiger partial charge is 0.242 e. The van der Waals surface area contributed by atoms with Crippen molar-refractivity contribution in [1.82, 2.24) is 10.2 Å². The van der Waals surface area contributed by atoms with Gasteiger partial charge < -0.3 is 19.7 Å². The van der Waals surface area contributed by atoms with E-state index < -0.39 is 6.04 Å². The first-order valence-corrected chi connectivity index (χ1v) is 11.7. The highest BCUT2D eigenvalue weighted by atomic mass is 35.5. The van der Waals surface area contributed by atoms with E-state index in [1.807, 2.05) is 32.0 Å². The first kappa shape index (κ1) is 26.8. The van der Waals surface area contributed by atoms with Crippen LogP contribution in [0.5, 0.6) is 11.5 Å². The number of carbonyl (C=O) groups excluding carboxylic acids is 2. The SMILES string of the molecule is CC[C@@H](C)NC(=O)[C@H](C)N(Cc1ccc(Cl)cc1Cl)C(=O)CCc1ccc(OC)c(OC)c1. The molecule has 0 saturated carbocycles. The summed E-state index contributed by atoms with van der Waals surface area (Å²) >= 11 is 12.4. The molecule has 0 aromatic heterocycles. The standard InChI is InChI=1S/C25H32Cl2N2O4/c1-6-16(2)28-25(31)17(3)29(15-19-9-10-20(26)14-21(19)27)24(30)12-8-18-7-11-22(32-4)23(13-18)33-5/h7,9-11,13-14,16-17H,6,8,12,15H2,1-5H3,(H,28,31)/t16-,17+/m1/s1. The Morgan fingerprint density at radius 2 is 1.73 bits per heavy atom. The van der Waals surface area contributed by atoms with Crippen molar-refractivity contribution in [3.8, 4) is 11.5 Å². The zero-order valence-electron chi connectivity index (χ0n) is 19.8. The van der Waals surface area contributed by atoms with Crippen molar-refractivity contribution in [2.75, 3.05) is 14.2 Å². The highest BCUT2D eigenvalue weighted by Crippen LogP contribution is 2.28. The summed E-state index contributed by atoms with van der Waals surface area (Å²) in [7, 11) is 3.15. The van der Waals surface area contributed by atoms with Crippen LogP contribution in [-0.2, 0) is 22.6 Å². The van der Waals surface area contributed by atoms with Gasteiger partial charge in [-0.3, -0.25) is 9.59 Å². The number of rotatable bonds is 11. The molecule has 0 unspecified atom stereocenters. The zero-order chi connectivity index (χ0) is 24.5. The lowest BCUT2D eigenvalue weighted by Gasteiger charge is -2.30. The summed E-state index contributed by atoms with van der Waals surface area (Å²) in [6, 6.07) is 10.0. The summed E-state index contributed by atoms with van der Waals surface area (Å²) in [5.74, 6) is 0.881. The topological polar surface area (TPSA) is 67.9 Å². The lowest BCUT2D eigenvalue weighted by atomic mass is 10.1. The second kappa shape index (κ2) is 12.7. The Morgan fingerprint density at radius 1 is 1.03 bits per heavy atom. The molecule has 0 heterocycles. The van der Waals surface area contributed by atoms with Crippen molar-refractivity contribution in [1.29, 1.82) is 0 Å². The van der Waals surface area contributed by atoms with E-state index in [-0.39, 0.29) is 30.8 Å². The Balaban J connectivity index is 2.22. The number of methoxy groups -OCH3 is 2. The fraction of sp³-hybridized carbons (Fsp3) is 0.440. The zero-order valence-corrected chi connectivity index (χ0v) is 21.3. The van der Waals surface area contributed by atoms with Gasteiger partial charge in [0.1, 0.15) is 6.04 Å². The summed E-state index contributed by atoms with van der Waals surface area (Å²) in [5, 5.41) is 3.92. The van der Waals surface area contributed by atoms with Crippen molar-refractivity contribution in [2.24, 2.45) is 0 Å². The summed E-state index contributed by atoms with van der Waals surface area (Å²) in [6.07, 6.45) is 1.51. The molecule has 0 aliphatic heterocycles. The number of ether oxygens (including phenoxy) is 2. The van der Waals surface area contributed by atoms with Gasteiger partial charge in [-0.25, -0.2) is 0 Å². The molecule has 2 amide bonds. The highest BCUT2D eigenvalue weighted by Gasteiger charge is 2.27. The van der Waals surface area contributed by atoms with E-state index >= 15 is 0 Å². The monoisotopic (exact) mass is 494 g/mol. The number of benzene rings is 2. The van der Waals surface area contributed by atoms with Crippen LogP contribution in [0, 0.1) is 0 Å². The van der Waals surface area contributed by atoms with Gasteiger partial charge in [0.2, 0.25) is 11.8 Å². The van der Waals surface area contributed by atoms with E-state index in [0.29, 0.717) is 28.0 Å². The normalized spacial score (nSPS) is 12.6. The van der Waals surface area contributed by atoms with E-state index in [1.54, 1.807) is 44.2 Å². The van der Waals surface area contributed by atoms with E-state index in [0.717, 1.165) is 17.5 Å². The lowest BCUT2D eigenvalue weighted by molar-refractivity contribution is -0.140. The van der Waals surface area contributed by atoms with Crippen LogP contribution in [0.3, 0.4) is 0 Å². The number of hydrogen-bond donors (Lipinski definition) is 1. The van der Waals surface area contributed by atoms with E-state index in [2.05, 4.69) is 5.32 Å². The van der Waals surface area contributed by atoms with Gasteiger partial charge in [-0.15, -0.1) is 0 Å². The third-order valence-corrected chi connectivity index (χ3v) is 6.19. The van der Waals surface area contributed by atoms with Crippen LogP contribution < -0.4 is 14.8 Å². The van der Waals surface area contributed by atoms with Gasteiger partial charge in [0.05, 0.1) is 14.2 Å². The second-order valence-electron chi connectivity index (χ2n) is 7.94. The molecule has 0 spiro atoms. The minimum atomic E-state index is -0.663. The number of nitrogens with one attached hydrogen (secondary N) is 1. The third-order valence-electron chi connectivity index (χ3n) is 5.60. The summed E-state index contributed by atoms with van der Waals surface area (Å²) in [4.78, 5) is 27.7. The highest BCUT2D eigenvalue weighted by molar-refractivity contribution is 6.35. The molecule has 2 atom stereocenters. The molecule has 8 heteroatoms. The third kappa shape index (κ3) is 7.54. The van der Waals surface area contributed by atoms with E-state index in [9.17, 15) is 9.59 Å². The maximum atomic E-state index is 13.3. The van der Waals surface area contributed by atoms with Crippen molar-refractivity contribution in [3.63, 3.8) is 0 Å². The average Bonchev–Trinajstić information content (AvgIpc) is 2.81. The minimum absolute atomic E-state index is 0.0165. The van der Waals surface area contributed by atoms with Gasteiger partial charge in [0.15, 0.2) is 11.5 Å². The molecule has 33 heavy (non-hydrogen) atoms. The Kier molecular flexibility index (Phi) is 10.3. The molecule has 6 nitrogen and oxygen atoms in total. The number of hydrogen-bond acceptors (Lipinski definition) is 4. The second-order valence-corrected chi connectivity index (χ2v) is 8.78. The predicted octanol–water partition coefficient (Wildman–Crippen LogP) is 5.28. The summed E-state index contributed by atoms with van der Waals surface area (Å²) in [6.45, 7) is 5.87. The van der Waals surface area contributed by atoms with Gasteiger partial charge in [-0.2, -0.15) is 0 Å². The average molecular weight is 495 g/mol. The van der Waals surface area contributed by atoms with Crippen LogP contribution in [0.1, 0.15) is 44.7 Å². The van der Waals surface area contributed by atoms with Crippen molar-refractivity contribution in [2.45, 2.75) is 58.7 Å². The largest absolute Gasteiger partial charge is 0.493 e. The molecule has 1 N–H and O–H groups in total. The summed E-state index contributed by atoms with van der Waals surface area (Å²) < 4.78 is 10.6. The first-order chi connectivity index (χ1) is 15.7. The Hall–Kier alpha value is -2.44. The van der Waals surface area contributed by atoms with Crippen molar-refractivity contribution < 1.29 is 19.1 Å². The molecule has 0 aliphatic rings. The van der Waals surface area contributed by atoms with Crippen LogP contribution in [0.15, 0.2) is 36.4 Å². The molecule has 0 fully saturated rings. The molecule has 0 bridgehead atoms. The quantitative estimate of drug-likeness (QED) is 0.461. The van der Waals surface area contributed by atoms with Gasteiger partial charge >= 0.3 is 0 Å². The van der Waals surface area contributed by atoms with Gasteiger partial charge in [0, 0.05) is 29.1 Å². The van der Waals surface area contributed by atoms with Gasteiger partial charge in [0.25, 0.3) is 0 Å². The molecule has 0 aliphatic carbocycles. The molecule has 180 valence electrons. The molecular formula is C25H32Cl2N2O4. The van der Waals surface area contributed by atoms with Crippen LogP contribution in [-0.4, -0.2) is 43.0 Å². The number of halogens is 2. The number of carbonyl (C=O) groups is 2. The van der Waals surface area contributed by atoms with Crippen LogP contribution in [0.25, 0.3) is 0 Å². The fourth-order valence-corrected chi connectivity index (χ4v) is 3.78. The molecule has 0 radical (unpaired) electrons. The van der Waals surface area contributed by atoms with Gasteiger partial charge in [-0.1, -0.05) is 42.3 Å². The minimum Gasteiger partial charge on any atom is -0.493 e. The summed E-state index contributed by atoms with van der Waals surface area (Å²) in [5.41, 5.74) is 1.66. The first-order valence-electron chi connectivity index (χ1n) is 10.9. The van der Waals surface area contributed by atoms with Crippen LogP contribution >= 0.6 is 23.2 Å². The van der Waals surface area contributed by atoms with E-state index in [4.69, 9.17) is 32.7 Å². The number of amides is 2. The molecule has 2 rings (SSSR count). The Morgan fingerprint density at radius 3 is 2.33 bits per heavy atom. The maximum Gasteiger partial charge on any atom is 0.242 e. The molecule has 2 aromatic rings. The van der Waals surface area contributed by atoms with Crippen LogP contribution in [0.4, 0.5) is 0 Å². The molecule has 0 saturated heterocycles. The van der Waals surface area contributed by atoms with Crippen molar-refractivity contribution >= 4 is 35.0 Å². The van der Waals surface area contributed by atoms with Crippen molar-refractivity contribution in [3.05, 3.63) is 57.6 Å². The van der Waals surface area contributed by atoms with E-state index in [1.165, 1.54) is 0 Å². The van der Waals surface area contributed by atoms with Gasteiger partial charge in [-0.05, 0) is 62.1 Å². The number of aryl methyl sites for hydroxylation is 1. The Labute approximate surface area is 206 Å². The lowest BCUT2D eigenvalue weighted by Crippen LogP contribution is -2.49. The van der Waals surface area contributed by atoms with Crippen LogP contribution in [0.2, 0.25) is 10.0 Å². The molecular weight excluding hydrogens is 463 g/mol. The predicted molar refractivity (Wildman–Crippen MR) is 132 cm³/mol.